The molecule has 2 rings (SSSR count). The Morgan fingerprint density at radius 1 is 1.21 bits per heavy atom. The van der Waals surface area contributed by atoms with Gasteiger partial charge >= 0.3 is 0 Å². The molecule has 128 valence electrons. The molecule has 24 heavy (non-hydrogen) atoms. The van der Waals surface area contributed by atoms with E-state index in [1.807, 2.05) is 44.2 Å². The van der Waals surface area contributed by atoms with Gasteiger partial charge in [-0.3, -0.25) is 4.79 Å². The Labute approximate surface area is 155 Å². The van der Waals surface area contributed by atoms with Crippen LogP contribution in [0, 0.1) is 0 Å². The summed E-state index contributed by atoms with van der Waals surface area (Å²) in [5, 5.41) is 3.35. The molecule has 4 nitrogen and oxygen atoms in total. The molecular formula is C18H19BrClNO3. The fraction of sp³-hybridized carbons (Fsp3) is 0.278. The van der Waals surface area contributed by atoms with Crippen LogP contribution in [0.5, 0.6) is 11.5 Å². The second kappa shape index (κ2) is 8.94. The molecule has 0 aromatic heterocycles. The Hall–Kier alpha value is -1.72. The van der Waals surface area contributed by atoms with Crippen LogP contribution in [-0.2, 0) is 4.79 Å². The molecule has 1 amide bonds. The van der Waals surface area contributed by atoms with Crippen LogP contribution in [0.4, 0.5) is 0 Å². The SMILES string of the molecule is CCOc1ccc([C@@H](C)NC(=O)COc2ccc(Br)cc2Cl)cc1. The van der Waals surface area contributed by atoms with E-state index in [0.29, 0.717) is 17.4 Å². The van der Waals surface area contributed by atoms with Crippen molar-refractivity contribution in [1.82, 2.24) is 5.32 Å². The lowest BCUT2D eigenvalue weighted by atomic mass is 10.1. The third kappa shape index (κ3) is 5.42. The average Bonchev–Trinajstić information content (AvgIpc) is 2.55. The van der Waals surface area contributed by atoms with E-state index in [-0.39, 0.29) is 18.6 Å². The summed E-state index contributed by atoms with van der Waals surface area (Å²) in [5.41, 5.74) is 0.994. The number of halogens is 2. The quantitative estimate of drug-likeness (QED) is 0.713. The van der Waals surface area contributed by atoms with Crippen molar-refractivity contribution in [2.24, 2.45) is 0 Å². The standard InChI is InChI=1S/C18H19BrClNO3/c1-3-23-15-7-4-13(5-8-15)12(2)21-18(22)11-24-17-9-6-14(19)10-16(17)20/h4-10,12H,3,11H2,1-2H3,(H,21,22)/t12-/m1/s1. The lowest BCUT2D eigenvalue weighted by Gasteiger charge is -2.15. The predicted molar refractivity (Wildman–Crippen MR) is 98.8 cm³/mol. The summed E-state index contributed by atoms with van der Waals surface area (Å²) in [6, 6.07) is 12.8. The minimum Gasteiger partial charge on any atom is -0.494 e. The largest absolute Gasteiger partial charge is 0.494 e. The molecule has 2 aromatic carbocycles. The second-order valence-electron chi connectivity index (χ2n) is 5.15. The lowest BCUT2D eigenvalue weighted by molar-refractivity contribution is -0.123. The van der Waals surface area contributed by atoms with Crippen molar-refractivity contribution in [3.63, 3.8) is 0 Å². The highest BCUT2D eigenvalue weighted by atomic mass is 79.9. The number of hydrogen-bond donors (Lipinski definition) is 1. The molecule has 0 fully saturated rings. The first-order chi connectivity index (χ1) is 11.5. The molecule has 0 saturated heterocycles. The number of benzene rings is 2. The Morgan fingerprint density at radius 3 is 2.54 bits per heavy atom. The van der Waals surface area contributed by atoms with Gasteiger partial charge in [0.2, 0.25) is 0 Å². The first-order valence-corrected chi connectivity index (χ1v) is 8.76. The van der Waals surface area contributed by atoms with Gasteiger partial charge in [-0.25, -0.2) is 0 Å². The van der Waals surface area contributed by atoms with Gasteiger partial charge in [-0.15, -0.1) is 0 Å². The van der Waals surface area contributed by atoms with E-state index >= 15 is 0 Å². The Morgan fingerprint density at radius 2 is 1.92 bits per heavy atom. The van der Waals surface area contributed by atoms with Crippen molar-refractivity contribution in [3.05, 3.63) is 57.5 Å². The van der Waals surface area contributed by atoms with E-state index in [9.17, 15) is 4.79 Å². The van der Waals surface area contributed by atoms with Crippen molar-refractivity contribution in [2.75, 3.05) is 13.2 Å². The van der Waals surface area contributed by atoms with Gasteiger partial charge in [0.25, 0.3) is 5.91 Å². The normalized spacial score (nSPS) is 11.7. The van der Waals surface area contributed by atoms with Crippen molar-refractivity contribution < 1.29 is 14.3 Å². The lowest BCUT2D eigenvalue weighted by Crippen LogP contribution is -2.31. The van der Waals surface area contributed by atoms with E-state index < -0.39 is 0 Å². The van der Waals surface area contributed by atoms with Gasteiger partial charge in [0.15, 0.2) is 6.61 Å². The summed E-state index contributed by atoms with van der Waals surface area (Å²) in [5.74, 6) is 1.08. The smallest absolute Gasteiger partial charge is 0.258 e. The van der Waals surface area contributed by atoms with Gasteiger partial charge in [0.1, 0.15) is 11.5 Å². The number of ether oxygens (including phenoxy) is 2. The first kappa shape index (κ1) is 18.6. The van der Waals surface area contributed by atoms with E-state index in [2.05, 4.69) is 21.2 Å². The molecule has 0 spiro atoms. The van der Waals surface area contributed by atoms with E-state index in [4.69, 9.17) is 21.1 Å². The van der Waals surface area contributed by atoms with Crippen LogP contribution < -0.4 is 14.8 Å². The molecule has 6 heteroatoms. The molecule has 1 N–H and O–H groups in total. The zero-order chi connectivity index (χ0) is 17.5. The summed E-state index contributed by atoms with van der Waals surface area (Å²) in [4.78, 5) is 12.0. The maximum Gasteiger partial charge on any atom is 0.258 e. The Balaban J connectivity index is 1.87. The van der Waals surface area contributed by atoms with Crippen LogP contribution >= 0.6 is 27.5 Å². The predicted octanol–water partition coefficient (Wildman–Crippen LogP) is 4.76. The highest BCUT2D eigenvalue weighted by Crippen LogP contribution is 2.27. The van der Waals surface area contributed by atoms with Crippen molar-refractivity contribution >= 4 is 33.4 Å². The summed E-state index contributed by atoms with van der Waals surface area (Å²) in [6.45, 7) is 4.39. The van der Waals surface area contributed by atoms with Gasteiger partial charge in [0.05, 0.1) is 17.7 Å². The topological polar surface area (TPSA) is 47.6 Å². The van der Waals surface area contributed by atoms with Gasteiger partial charge < -0.3 is 14.8 Å². The zero-order valence-corrected chi connectivity index (χ0v) is 15.9. The van der Waals surface area contributed by atoms with Crippen LogP contribution in [0.3, 0.4) is 0 Å². The van der Waals surface area contributed by atoms with Crippen molar-refractivity contribution in [1.29, 1.82) is 0 Å². The van der Waals surface area contributed by atoms with E-state index in [1.165, 1.54) is 0 Å². The first-order valence-electron chi connectivity index (χ1n) is 7.59. The van der Waals surface area contributed by atoms with Crippen LogP contribution in [-0.4, -0.2) is 19.1 Å². The summed E-state index contributed by atoms with van der Waals surface area (Å²) in [6.07, 6.45) is 0. The van der Waals surface area contributed by atoms with Gasteiger partial charge in [-0.1, -0.05) is 39.7 Å². The molecule has 1 atom stereocenters. The van der Waals surface area contributed by atoms with Crippen LogP contribution in [0.2, 0.25) is 5.02 Å². The molecule has 0 aliphatic heterocycles. The van der Waals surface area contributed by atoms with E-state index in [1.54, 1.807) is 12.1 Å². The van der Waals surface area contributed by atoms with Crippen LogP contribution in [0.25, 0.3) is 0 Å². The minimum atomic E-state index is -0.213. The second-order valence-corrected chi connectivity index (χ2v) is 6.48. The number of rotatable bonds is 7. The molecular weight excluding hydrogens is 394 g/mol. The van der Waals surface area contributed by atoms with Gasteiger partial charge in [-0.05, 0) is 49.7 Å². The van der Waals surface area contributed by atoms with E-state index in [0.717, 1.165) is 15.8 Å². The molecule has 0 radical (unpaired) electrons. The summed E-state index contributed by atoms with van der Waals surface area (Å²) in [7, 11) is 0. The zero-order valence-electron chi connectivity index (χ0n) is 13.5. The fourth-order valence-electron chi connectivity index (χ4n) is 2.12. The molecule has 0 saturated carbocycles. The summed E-state index contributed by atoms with van der Waals surface area (Å²) < 4.78 is 11.7. The molecule has 0 bridgehead atoms. The minimum absolute atomic E-state index is 0.0945. The third-order valence-electron chi connectivity index (χ3n) is 3.32. The van der Waals surface area contributed by atoms with Gasteiger partial charge in [0, 0.05) is 4.47 Å². The maximum atomic E-state index is 12.0. The molecule has 0 aliphatic carbocycles. The van der Waals surface area contributed by atoms with Crippen LogP contribution in [0.15, 0.2) is 46.9 Å². The molecule has 0 unspecified atom stereocenters. The number of nitrogens with one attached hydrogen (secondary N) is 1. The molecule has 0 aliphatic rings. The van der Waals surface area contributed by atoms with Gasteiger partial charge in [-0.2, -0.15) is 0 Å². The number of carbonyl (C=O) groups is 1. The molecule has 0 heterocycles. The summed E-state index contributed by atoms with van der Waals surface area (Å²) >= 11 is 9.38. The highest BCUT2D eigenvalue weighted by molar-refractivity contribution is 9.10. The maximum absolute atomic E-state index is 12.0. The van der Waals surface area contributed by atoms with Crippen LogP contribution in [0.1, 0.15) is 25.5 Å². The third-order valence-corrected chi connectivity index (χ3v) is 4.11. The number of carbonyl (C=O) groups excluding carboxylic acids is 1. The number of hydrogen-bond acceptors (Lipinski definition) is 3. The average molecular weight is 413 g/mol. The van der Waals surface area contributed by atoms with Crippen molar-refractivity contribution in [2.45, 2.75) is 19.9 Å². The number of amides is 1. The Bertz CT molecular complexity index is 691. The highest BCUT2D eigenvalue weighted by Gasteiger charge is 2.11. The monoisotopic (exact) mass is 411 g/mol. The fourth-order valence-corrected chi connectivity index (χ4v) is 2.85. The Kier molecular flexibility index (Phi) is 6.94. The molecule has 2 aromatic rings. The van der Waals surface area contributed by atoms with Crippen molar-refractivity contribution in [3.8, 4) is 11.5 Å².